The number of anilines is 2. The Morgan fingerprint density at radius 3 is 2.28 bits per heavy atom. The number of amides is 2. The van der Waals surface area contributed by atoms with E-state index in [1.165, 1.54) is 0 Å². The summed E-state index contributed by atoms with van der Waals surface area (Å²) in [6.07, 6.45) is 1.57. The van der Waals surface area contributed by atoms with Gasteiger partial charge in [0.1, 0.15) is 0 Å². The molecule has 0 aliphatic heterocycles. The quantitative estimate of drug-likeness (QED) is 0.493. The predicted molar refractivity (Wildman–Crippen MR) is 97.3 cm³/mol. The molecular weight excluding hydrogens is 316 g/mol. The molecule has 6 heteroatoms. The second-order valence-electron chi connectivity index (χ2n) is 5.60. The fraction of sp³-hybridized carbons (Fsp3) is 0. The smallest absolute Gasteiger partial charge is 0.314 e. The number of carbonyl (C=O) groups is 2. The number of carbonyl (C=O) groups excluding carboxylic acids is 2. The highest BCUT2D eigenvalue weighted by Crippen LogP contribution is 2.19. The van der Waals surface area contributed by atoms with Crippen LogP contribution in [0.2, 0.25) is 0 Å². The van der Waals surface area contributed by atoms with Crippen LogP contribution in [0, 0.1) is 0 Å². The molecule has 4 rings (SSSR count). The van der Waals surface area contributed by atoms with E-state index in [-0.39, 0.29) is 0 Å². The molecule has 3 aromatic carbocycles. The van der Waals surface area contributed by atoms with E-state index < -0.39 is 11.8 Å². The minimum absolute atomic E-state index is 0.524. The SMILES string of the molecule is O=C(Nc1ccc2ccccc2c1)C(=O)Nc1ccc2nc[nH]c2c1. The Morgan fingerprint density at radius 2 is 1.48 bits per heavy atom. The van der Waals surface area contributed by atoms with Crippen molar-refractivity contribution in [2.24, 2.45) is 0 Å². The molecule has 0 aliphatic carbocycles. The Bertz CT molecular complexity index is 1100. The van der Waals surface area contributed by atoms with Gasteiger partial charge in [-0.2, -0.15) is 0 Å². The normalized spacial score (nSPS) is 10.7. The number of hydrogen-bond donors (Lipinski definition) is 3. The van der Waals surface area contributed by atoms with Gasteiger partial charge < -0.3 is 15.6 Å². The number of H-pyrrole nitrogens is 1. The molecule has 6 nitrogen and oxygen atoms in total. The lowest BCUT2D eigenvalue weighted by Crippen LogP contribution is -2.29. The maximum Gasteiger partial charge on any atom is 0.314 e. The molecule has 0 bridgehead atoms. The van der Waals surface area contributed by atoms with Crippen molar-refractivity contribution < 1.29 is 9.59 Å². The zero-order valence-corrected chi connectivity index (χ0v) is 13.1. The predicted octanol–water partition coefficient (Wildman–Crippen LogP) is 3.29. The number of hydrogen-bond acceptors (Lipinski definition) is 3. The molecule has 0 saturated carbocycles. The van der Waals surface area contributed by atoms with Crippen molar-refractivity contribution in [3.05, 3.63) is 67.0 Å². The molecule has 0 fully saturated rings. The summed E-state index contributed by atoms with van der Waals surface area (Å²) in [7, 11) is 0. The number of benzene rings is 3. The van der Waals surface area contributed by atoms with Gasteiger partial charge in [-0.25, -0.2) is 4.98 Å². The fourth-order valence-corrected chi connectivity index (χ4v) is 2.66. The van der Waals surface area contributed by atoms with E-state index in [4.69, 9.17) is 0 Å². The van der Waals surface area contributed by atoms with Crippen molar-refractivity contribution in [3.8, 4) is 0 Å². The second-order valence-corrected chi connectivity index (χ2v) is 5.60. The summed E-state index contributed by atoms with van der Waals surface area (Å²) in [5, 5.41) is 7.26. The minimum Gasteiger partial charge on any atom is -0.345 e. The monoisotopic (exact) mass is 330 g/mol. The third-order valence-corrected chi connectivity index (χ3v) is 3.89. The summed E-state index contributed by atoms with van der Waals surface area (Å²) < 4.78 is 0. The van der Waals surface area contributed by atoms with E-state index in [0.29, 0.717) is 11.4 Å². The molecule has 4 aromatic rings. The third kappa shape index (κ3) is 3.05. The minimum atomic E-state index is -0.730. The Hall–Kier alpha value is -3.67. The first-order chi connectivity index (χ1) is 12.2. The molecular formula is C19H14N4O2. The average Bonchev–Trinajstić information content (AvgIpc) is 3.09. The van der Waals surface area contributed by atoms with Crippen LogP contribution in [0.1, 0.15) is 0 Å². The number of nitrogens with one attached hydrogen (secondary N) is 3. The maximum absolute atomic E-state index is 12.1. The highest BCUT2D eigenvalue weighted by molar-refractivity contribution is 6.43. The van der Waals surface area contributed by atoms with E-state index in [9.17, 15) is 9.59 Å². The van der Waals surface area contributed by atoms with Crippen LogP contribution >= 0.6 is 0 Å². The first-order valence-corrected chi connectivity index (χ1v) is 7.73. The van der Waals surface area contributed by atoms with Crippen LogP contribution in [0.5, 0.6) is 0 Å². The standard InChI is InChI=1S/C19H14N4O2/c24-18(22-14-6-5-12-3-1-2-4-13(12)9-14)19(25)23-15-7-8-16-17(10-15)21-11-20-16/h1-11H,(H,20,21)(H,22,24)(H,23,25). The number of rotatable bonds is 2. The van der Waals surface area contributed by atoms with Gasteiger partial charge in [0.25, 0.3) is 0 Å². The molecule has 0 spiro atoms. The second kappa shape index (κ2) is 6.09. The summed E-state index contributed by atoms with van der Waals surface area (Å²) in [6, 6.07) is 18.5. The van der Waals surface area contributed by atoms with Crippen LogP contribution in [0.4, 0.5) is 11.4 Å². The van der Waals surface area contributed by atoms with E-state index in [0.717, 1.165) is 21.8 Å². The third-order valence-electron chi connectivity index (χ3n) is 3.89. The van der Waals surface area contributed by atoms with Gasteiger partial charge in [-0.15, -0.1) is 0 Å². The van der Waals surface area contributed by atoms with E-state index in [1.54, 1.807) is 30.6 Å². The van der Waals surface area contributed by atoms with Crippen LogP contribution in [0.15, 0.2) is 67.0 Å². The maximum atomic E-state index is 12.1. The lowest BCUT2D eigenvalue weighted by molar-refractivity contribution is -0.132. The van der Waals surface area contributed by atoms with Crippen LogP contribution in [0.3, 0.4) is 0 Å². The zero-order chi connectivity index (χ0) is 17.2. The Kier molecular flexibility index (Phi) is 3.63. The number of nitrogens with zero attached hydrogens (tertiary/aromatic N) is 1. The van der Waals surface area contributed by atoms with Crippen LogP contribution < -0.4 is 10.6 Å². The molecule has 2 amide bonds. The van der Waals surface area contributed by atoms with Gasteiger partial charge in [-0.05, 0) is 41.1 Å². The van der Waals surface area contributed by atoms with Crippen molar-refractivity contribution in [1.82, 2.24) is 9.97 Å². The van der Waals surface area contributed by atoms with E-state index in [1.807, 2.05) is 36.4 Å². The summed E-state index contributed by atoms with van der Waals surface area (Å²) in [6.45, 7) is 0. The van der Waals surface area contributed by atoms with Crippen molar-refractivity contribution >= 4 is 45.0 Å². The van der Waals surface area contributed by atoms with Crippen molar-refractivity contribution in [3.63, 3.8) is 0 Å². The Morgan fingerprint density at radius 1 is 0.800 bits per heavy atom. The molecule has 0 atom stereocenters. The first-order valence-electron chi connectivity index (χ1n) is 7.73. The summed E-state index contributed by atoms with van der Waals surface area (Å²) in [5.41, 5.74) is 2.67. The Labute approximate surface area is 142 Å². The summed E-state index contributed by atoms with van der Waals surface area (Å²) in [5.74, 6) is -1.45. The largest absolute Gasteiger partial charge is 0.345 e. The number of imidazole rings is 1. The first kappa shape index (κ1) is 14.9. The van der Waals surface area contributed by atoms with Gasteiger partial charge in [0.2, 0.25) is 0 Å². The molecule has 0 saturated heterocycles. The van der Waals surface area contributed by atoms with E-state index in [2.05, 4.69) is 20.6 Å². The highest BCUT2D eigenvalue weighted by Gasteiger charge is 2.14. The topological polar surface area (TPSA) is 86.9 Å². The number of aromatic nitrogens is 2. The molecule has 1 aromatic heterocycles. The van der Waals surface area contributed by atoms with Gasteiger partial charge >= 0.3 is 11.8 Å². The van der Waals surface area contributed by atoms with Gasteiger partial charge in [0.05, 0.1) is 17.4 Å². The lowest BCUT2D eigenvalue weighted by Gasteiger charge is -2.07. The molecule has 1 heterocycles. The van der Waals surface area contributed by atoms with Crippen molar-refractivity contribution in [1.29, 1.82) is 0 Å². The molecule has 0 unspecified atom stereocenters. The van der Waals surface area contributed by atoms with Gasteiger partial charge in [-0.3, -0.25) is 9.59 Å². The highest BCUT2D eigenvalue weighted by atomic mass is 16.2. The summed E-state index contributed by atoms with van der Waals surface area (Å²) in [4.78, 5) is 31.3. The van der Waals surface area contributed by atoms with Crippen LogP contribution in [-0.2, 0) is 9.59 Å². The zero-order valence-electron chi connectivity index (χ0n) is 13.1. The van der Waals surface area contributed by atoms with Crippen LogP contribution in [-0.4, -0.2) is 21.8 Å². The molecule has 122 valence electrons. The molecule has 25 heavy (non-hydrogen) atoms. The van der Waals surface area contributed by atoms with Gasteiger partial charge in [0, 0.05) is 11.4 Å². The lowest BCUT2D eigenvalue weighted by atomic mass is 10.1. The van der Waals surface area contributed by atoms with E-state index >= 15 is 0 Å². The summed E-state index contributed by atoms with van der Waals surface area (Å²) >= 11 is 0. The number of fused-ring (bicyclic) bond motifs is 2. The van der Waals surface area contributed by atoms with Crippen molar-refractivity contribution in [2.45, 2.75) is 0 Å². The fourth-order valence-electron chi connectivity index (χ4n) is 2.66. The number of aromatic amines is 1. The van der Waals surface area contributed by atoms with Gasteiger partial charge in [-0.1, -0.05) is 30.3 Å². The van der Waals surface area contributed by atoms with Gasteiger partial charge in [0.15, 0.2) is 0 Å². The molecule has 0 aliphatic rings. The van der Waals surface area contributed by atoms with Crippen LogP contribution in [0.25, 0.3) is 21.8 Å². The molecule has 3 N–H and O–H groups in total. The van der Waals surface area contributed by atoms with Crippen molar-refractivity contribution in [2.75, 3.05) is 10.6 Å². The average molecular weight is 330 g/mol. The molecule has 0 radical (unpaired) electrons. The Balaban J connectivity index is 1.48.